The van der Waals surface area contributed by atoms with E-state index in [0.717, 1.165) is 12.8 Å². The number of allylic oxidation sites excluding steroid dienone is 2. The Morgan fingerprint density at radius 1 is 1.18 bits per heavy atom. The largest absolute Gasteiger partial charge is 0.481 e. The number of carbonyl (C=O) groups is 3. The minimum atomic E-state index is -0.944. The Morgan fingerprint density at radius 3 is 2.36 bits per heavy atom. The van der Waals surface area contributed by atoms with Crippen LogP contribution in [-0.4, -0.2) is 22.9 Å². The quantitative estimate of drug-likeness (QED) is 0.733. The summed E-state index contributed by atoms with van der Waals surface area (Å²) in [5.41, 5.74) is 5.51. The topological polar surface area (TPSA) is 109 Å². The van der Waals surface area contributed by atoms with Gasteiger partial charge in [0.05, 0.1) is 17.4 Å². The molecule has 4 N–H and O–H groups in total. The molecule has 2 amide bonds. The first-order chi connectivity index (χ1) is 10.5. The number of thiophene rings is 1. The second-order valence-corrected chi connectivity index (χ2v) is 6.61. The molecule has 0 aliphatic heterocycles. The monoisotopic (exact) mass is 320 g/mol. The molecule has 1 fully saturated rings. The molecule has 1 saturated carbocycles. The van der Waals surface area contributed by atoms with E-state index in [1.54, 1.807) is 11.4 Å². The molecule has 1 aromatic heterocycles. The lowest BCUT2D eigenvalue weighted by atomic mass is 9.62. The average Bonchev–Trinajstić information content (AvgIpc) is 2.95. The fraction of sp³-hybridized carbons (Fsp3) is 0.400. The van der Waals surface area contributed by atoms with Gasteiger partial charge >= 0.3 is 5.97 Å². The maximum atomic E-state index is 12.6. The number of hydrogen-bond donors (Lipinski definition) is 3. The summed E-state index contributed by atoms with van der Waals surface area (Å²) < 4.78 is 0. The molecular formula is C15H16N2O4S. The molecule has 3 aliphatic rings. The number of primary amides is 1. The van der Waals surface area contributed by atoms with Crippen LogP contribution in [0.15, 0.2) is 23.6 Å². The van der Waals surface area contributed by atoms with Gasteiger partial charge in [0.1, 0.15) is 5.00 Å². The highest BCUT2D eigenvalue weighted by atomic mass is 32.1. The van der Waals surface area contributed by atoms with Crippen LogP contribution in [0.4, 0.5) is 5.00 Å². The number of fused-ring (bicyclic) bond motifs is 2. The van der Waals surface area contributed by atoms with Crippen LogP contribution < -0.4 is 11.1 Å². The third-order valence-electron chi connectivity index (χ3n) is 4.50. The highest BCUT2D eigenvalue weighted by Crippen LogP contribution is 2.45. The first-order valence-electron chi connectivity index (χ1n) is 7.08. The van der Waals surface area contributed by atoms with E-state index in [4.69, 9.17) is 5.73 Å². The summed E-state index contributed by atoms with van der Waals surface area (Å²) in [4.78, 5) is 35.5. The maximum Gasteiger partial charge on any atom is 0.307 e. The van der Waals surface area contributed by atoms with E-state index in [2.05, 4.69) is 5.32 Å². The molecule has 3 aliphatic carbocycles. The van der Waals surface area contributed by atoms with Gasteiger partial charge in [0.25, 0.3) is 5.91 Å². The van der Waals surface area contributed by atoms with Gasteiger partial charge in [-0.05, 0) is 36.1 Å². The van der Waals surface area contributed by atoms with E-state index in [1.165, 1.54) is 11.3 Å². The molecule has 4 atom stereocenters. The van der Waals surface area contributed by atoms with Crippen molar-refractivity contribution < 1.29 is 19.5 Å². The number of carboxylic acid groups (broad SMARTS) is 1. The van der Waals surface area contributed by atoms with Crippen LogP contribution in [0.1, 0.15) is 23.2 Å². The van der Waals surface area contributed by atoms with Crippen LogP contribution in [0, 0.1) is 23.7 Å². The summed E-state index contributed by atoms with van der Waals surface area (Å²) in [6.07, 6.45) is 5.47. The van der Waals surface area contributed by atoms with E-state index in [9.17, 15) is 19.5 Å². The molecule has 22 heavy (non-hydrogen) atoms. The summed E-state index contributed by atoms with van der Waals surface area (Å²) in [6, 6.07) is 1.55. The van der Waals surface area contributed by atoms with Crippen molar-refractivity contribution in [3.05, 3.63) is 29.2 Å². The third kappa shape index (κ3) is 2.41. The van der Waals surface area contributed by atoms with Gasteiger partial charge in [-0.15, -0.1) is 11.3 Å². The summed E-state index contributed by atoms with van der Waals surface area (Å²) in [5.74, 6) is -3.39. The van der Waals surface area contributed by atoms with Crippen LogP contribution >= 0.6 is 11.3 Å². The van der Waals surface area contributed by atoms with E-state index in [0.29, 0.717) is 5.00 Å². The molecular weight excluding hydrogens is 304 g/mol. The predicted molar refractivity (Wildman–Crippen MR) is 81.4 cm³/mol. The highest BCUT2D eigenvalue weighted by molar-refractivity contribution is 7.14. The number of anilines is 1. The number of amides is 2. The Kier molecular flexibility index (Phi) is 3.74. The molecule has 0 spiro atoms. The van der Waals surface area contributed by atoms with Crippen LogP contribution in [0.5, 0.6) is 0 Å². The molecule has 7 heteroatoms. The zero-order valence-electron chi connectivity index (χ0n) is 11.7. The highest BCUT2D eigenvalue weighted by Gasteiger charge is 2.48. The fourth-order valence-corrected chi connectivity index (χ4v) is 4.28. The number of hydrogen-bond acceptors (Lipinski definition) is 4. The van der Waals surface area contributed by atoms with Gasteiger partial charge in [-0.1, -0.05) is 12.2 Å². The van der Waals surface area contributed by atoms with Crippen LogP contribution in [-0.2, 0) is 9.59 Å². The molecule has 1 heterocycles. The van der Waals surface area contributed by atoms with Crippen molar-refractivity contribution in [2.75, 3.05) is 5.32 Å². The number of nitrogens with one attached hydrogen (secondary N) is 1. The first-order valence-corrected chi connectivity index (χ1v) is 7.96. The van der Waals surface area contributed by atoms with Crippen molar-refractivity contribution in [3.63, 3.8) is 0 Å². The summed E-state index contributed by atoms with van der Waals surface area (Å²) >= 11 is 1.20. The predicted octanol–water partition coefficient (Wildman–Crippen LogP) is 1.70. The van der Waals surface area contributed by atoms with Gasteiger partial charge in [0.15, 0.2) is 0 Å². The zero-order valence-corrected chi connectivity index (χ0v) is 12.5. The molecule has 1 aromatic rings. The summed E-state index contributed by atoms with van der Waals surface area (Å²) in [5, 5.41) is 14.2. The van der Waals surface area contributed by atoms with Crippen LogP contribution in [0.2, 0.25) is 0 Å². The minimum Gasteiger partial charge on any atom is -0.481 e. The normalized spacial score (nSPS) is 29.3. The molecule has 4 rings (SSSR count). The lowest BCUT2D eigenvalue weighted by molar-refractivity contribution is -0.151. The van der Waals surface area contributed by atoms with Crippen LogP contribution in [0.3, 0.4) is 0 Å². The van der Waals surface area contributed by atoms with Crippen LogP contribution in [0.25, 0.3) is 0 Å². The second kappa shape index (κ2) is 5.57. The standard InChI is InChI=1S/C15H16N2O4S/c16-12(18)9-5-6-22-14(9)17-13(19)10-7-1-3-8(4-2-7)11(10)15(20)21/h1,3,5-8,10-11H,2,4H2,(H2,16,18)(H,17,19)(H,20,21)/t7-,8-,10-,11+/m0/s1. The van der Waals surface area contributed by atoms with Crippen molar-refractivity contribution >= 4 is 34.1 Å². The number of carbonyl (C=O) groups excluding carboxylic acids is 2. The molecule has 6 nitrogen and oxygen atoms in total. The molecule has 116 valence electrons. The maximum absolute atomic E-state index is 12.6. The minimum absolute atomic E-state index is 0.0666. The van der Waals surface area contributed by atoms with Gasteiger partial charge in [-0.2, -0.15) is 0 Å². The van der Waals surface area contributed by atoms with Crippen molar-refractivity contribution in [1.82, 2.24) is 0 Å². The number of nitrogens with two attached hydrogens (primary N) is 1. The van der Waals surface area contributed by atoms with E-state index >= 15 is 0 Å². The first kappa shape index (κ1) is 14.8. The average molecular weight is 320 g/mol. The molecule has 0 saturated heterocycles. The van der Waals surface area contributed by atoms with Gasteiger partial charge in [0.2, 0.25) is 5.91 Å². The Bertz CT molecular complexity index is 666. The van der Waals surface area contributed by atoms with E-state index in [1.807, 2.05) is 12.2 Å². The van der Waals surface area contributed by atoms with Crippen molar-refractivity contribution in [2.45, 2.75) is 12.8 Å². The van der Waals surface area contributed by atoms with Crippen molar-refractivity contribution in [3.8, 4) is 0 Å². The third-order valence-corrected chi connectivity index (χ3v) is 5.33. The fourth-order valence-electron chi connectivity index (χ4n) is 3.48. The van der Waals surface area contributed by atoms with E-state index < -0.39 is 23.7 Å². The van der Waals surface area contributed by atoms with Crippen molar-refractivity contribution in [1.29, 1.82) is 0 Å². The lowest BCUT2D eigenvalue weighted by Gasteiger charge is -2.41. The number of rotatable bonds is 4. The van der Waals surface area contributed by atoms with Gasteiger partial charge in [-0.25, -0.2) is 0 Å². The molecule has 0 unspecified atom stereocenters. The van der Waals surface area contributed by atoms with E-state index in [-0.39, 0.29) is 23.3 Å². The van der Waals surface area contributed by atoms with Gasteiger partial charge in [-0.3, -0.25) is 14.4 Å². The molecule has 0 aromatic carbocycles. The SMILES string of the molecule is NC(=O)c1ccsc1NC(=O)[C@@H]1[C@H](C(=O)O)[C@H]2C=C[C@H]1CC2. The Morgan fingerprint density at radius 2 is 1.82 bits per heavy atom. The molecule has 2 bridgehead atoms. The number of aliphatic carboxylic acids is 1. The summed E-state index contributed by atoms with van der Waals surface area (Å²) in [7, 11) is 0. The lowest BCUT2D eigenvalue weighted by Crippen LogP contribution is -2.47. The Labute approximate surface area is 131 Å². The number of carboxylic acids is 1. The van der Waals surface area contributed by atoms with Crippen molar-refractivity contribution in [2.24, 2.45) is 29.4 Å². The Balaban J connectivity index is 1.84. The Hall–Kier alpha value is -2.15. The van der Waals surface area contributed by atoms with Gasteiger partial charge in [0, 0.05) is 0 Å². The second-order valence-electron chi connectivity index (χ2n) is 5.70. The molecule has 0 radical (unpaired) electrons. The summed E-state index contributed by atoms with van der Waals surface area (Å²) in [6.45, 7) is 0. The zero-order chi connectivity index (χ0) is 15.9. The van der Waals surface area contributed by atoms with Gasteiger partial charge < -0.3 is 16.2 Å². The smallest absolute Gasteiger partial charge is 0.307 e.